The number of anilines is 2. The number of imidazole rings is 1. The van der Waals surface area contributed by atoms with Gasteiger partial charge in [-0.1, -0.05) is 60.3 Å². The zero-order valence-electron chi connectivity index (χ0n) is 20.0. The van der Waals surface area contributed by atoms with Gasteiger partial charge in [-0.3, -0.25) is 0 Å². The van der Waals surface area contributed by atoms with Crippen LogP contribution in [0, 0.1) is 0 Å². The molecule has 180 valence electrons. The molecular formula is C27H29N5O2S. The average Bonchev–Trinajstić information content (AvgIpc) is 3.31. The molecule has 0 unspecified atom stereocenters. The Labute approximate surface area is 209 Å². The van der Waals surface area contributed by atoms with Crippen LogP contribution >= 0.6 is 11.8 Å². The zero-order valence-corrected chi connectivity index (χ0v) is 20.9. The maximum absolute atomic E-state index is 12.2. The smallest absolute Gasteiger partial charge is 0.319 e. The first kappa shape index (κ1) is 24.2. The third-order valence-electron chi connectivity index (χ3n) is 5.36. The molecule has 0 bridgehead atoms. The Kier molecular flexibility index (Phi) is 7.95. The summed E-state index contributed by atoms with van der Waals surface area (Å²) < 4.78 is 5.19. The molecule has 0 radical (unpaired) electrons. The Morgan fingerprint density at radius 3 is 2.49 bits per heavy atom. The van der Waals surface area contributed by atoms with Crippen LogP contribution in [0.3, 0.4) is 0 Å². The number of urea groups is 1. The quantitative estimate of drug-likeness (QED) is 0.207. The van der Waals surface area contributed by atoms with Gasteiger partial charge in [0.05, 0.1) is 18.5 Å². The van der Waals surface area contributed by atoms with Gasteiger partial charge in [-0.25, -0.2) is 9.78 Å². The number of nitrogens with one attached hydrogen (secondary N) is 3. The van der Waals surface area contributed by atoms with E-state index in [9.17, 15) is 4.79 Å². The minimum Gasteiger partial charge on any atom is -0.497 e. The second kappa shape index (κ2) is 11.5. The minimum absolute atomic E-state index is 0.259. The molecule has 0 aliphatic heterocycles. The molecule has 2 amide bonds. The third kappa shape index (κ3) is 6.36. The number of benzene rings is 3. The normalized spacial score (nSPS) is 10.6. The van der Waals surface area contributed by atoms with Crippen molar-refractivity contribution in [2.75, 3.05) is 43.7 Å². The van der Waals surface area contributed by atoms with Crippen molar-refractivity contribution in [3.8, 4) is 28.3 Å². The number of hydrogen-bond donors (Lipinski definition) is 3. The number of H-pyrrole nitrogens is 1. The highest BCUT2D eigenvalue weighted by molar-refractivity contribution is 7.99. The van der Waals surface area contributed by atoms with Gasteiger partial charge < -0.3 is 25.3 Å². The first-order valence-electron chi connectivity index (χ1n) is 11.3. The van der Waals surface area contributed by atoms with E-state index < -0.39 is 0 Å². The van der Waals surface area contributed by atoms with Crippen LogP contribution in [0.1, 0.15) is 0 Å². The summed E-state index contributed by atoms with van der Waals surface area (Å²) in [5, 5.41) is 6.51. The van der Waals surface area contributed by atoms with Crippen molar-refractivity contribution in [3.63, 3.8) is 0 Å². The van der Waals surface area contributed by atoms with Crippen LogP contribution in [-0.4, -0.2) is 49.5 Å². The van der Waals surface area contributed by atoms with Crippen molar-refractivity contribution in [1.82, 2.24) is 15.3 Å². The molecule has 3 N–H and O–H groups in total. The average molecular weight is 488 g/mol. The van der Waals surface area contributed by atoms with Crippen molar-refractivity contribution in [2.45, 2.75) is 5.16 Å². The second-order valence-electron chi connectivity index (χ2n) is 8.03. The van der Waals surface area contributed by atoms with Gasteiger partial charge in [0.25, 0.3) is 0 Å². The maximum Gasteiger partial charge on any atom is 0.319 e. The number of hydrogen-bond acceptors (Lipinski definition) is 5. The summed E-state index contributed by atoms with van der Waals surface area (Å²) >= 11 is 1.57. The SMILES string of the molecule is COc1cccc(NC(=O)NCCSc2nc(-c3ccccc3)c(-c3ccc(N(C)C)cc3)[nH]2)c1. The summed E-state index contributed by atoms with van der Waals surface area (Å²) in [6.07, 6.45) is 0. The van der Waals surface area contributed by atoms with Crippen molar-refractivity contribution in [2.24, 2.45) is 0 Å². The first-order chi connectivity index (χ1) is 17.0. The molecule has 0 atom stereocenters. The fourth-order valence-corrected chi connectivity index (χ4v) is 4.28. The van der Waals surface area contributed by atoms with Gasteiger partial charge in [0.1, 0.15) is 5.75 Å². The van der Waals surface area contributed by atoms with Crippen LogP contribution in [0.25, 0.3) is 22.5 Å². The van der Waals surface area contributed by atoms with Crippen molar-refractivity contribution in [3.05, 3.63) is 78.9 Å². The van der Waals surface area contributed by atoms with Crippen molar-refractivity contribution in [1.29, 1.82) is 0 Å². The van der Waals surface area contributed by atoms with E-state index in [0.717, 1.165) is 33.4 Å². The Balaban J connectivity index is 1.41. The third-order valence-corrected chi connectivity index (χ3v) is 6.23. The molecule has 0 spiro atoms. The molecule has 7 nitrogen and oxygen atoms in total. The van der Waals surface area contributed by atoms with Gasteiger partial charge >= 0.3 is 6.03 Å². The van der Waals surface area contributed by atoms with E-state index in [2.05, 4.69) is 56.9 Å². The predicted octanol–water partition coefficient (Wildman–Crippen LogP) is 5.73. The topological polar surface area (TPSA) is 82.3 Å². The number of aromatic nitrogens is 2. The Hall–Kier alpha value is -3.91. The molecule has 3 aromatic carbocycles. The number of thioether (sulfide) groups is 1. The highest BCUT2D eigenvalue weighted by Gasteiger charge is 2.15. The lowest BCUT2D eigenvalue weighted by atomic mass is 10.0. The molecule has 0 aliphatic rings. The van der Waals surface area contributed by atoms with Gasteiger partial charge in [-0.15, -0.1) is 0 Å². The maximum atomic E-state index is 12.2. The number of nitrogens with zero attached hydrogens (tertiary/aromatic N) is 2. The molecule has 4 aromatic rings. The van der Waals surface area contributed by atoms with Crippen LogP contribution in [-0.2, 0) is 0 Å². The van der Waals surface area contributed by atoms with E-state index in [0.29, 0.717) is 23.7 Å². The number of carbonyl (C=O) groups excluding carboxylic acids is 1. The highest BCUT2D eigenvalue weighted by atomic mass is 32.2. The van der Waals surface area contributed by atoms with Crippen LogP contribution in [0.4, 0.5) is 16.2 Å². The lowest BCUT2D eigenvalue weighted by molar-refractivity contribution is 0.252. The predicted molar refractivity (Wildman–Crippen MR) is 145 cm³/mol. The highest BCUT2D eigenvalue weighted by Crippen LogP contribution is 2.33. The second-order valence-corrected chi connectivity index (χ2v) is 9.12. The number of methoxy groups -OCH3 is 1. The molecule has 0 aliphatic carbocycles. The monoisotopic (exact) mass is 487 g/mol. The van der Waals surface area contributed by atoms with Gasteiger partial charge in [0, 0.05) is 55.0 Å². The molecule has 1 heterocycles. The fourth-order valence-electron chi connectivity index (χ4n) is 3.55. The summed E-state index contributed by atoms with van der Waals surface area (Å²) in [6.45, 7) is 0.495. The van der Waals surface area contributed by atoms with Crippen LogP contribution in [0.15, 0.2) is 84.0 Å². The summed E-state index contributed by atoms with van der Waals surface area (Å²) in [4.78, 5) is 22.7. The Morgan fingerprint density at radius 2 is 1.77 bits per heavy atom. The number of rotatable bonds is 9. The van der Waals surface area contributed by atoms with E-state index in [1.165, 1.54) is 0 Å². The van der Waals surface area contributed by atoms with Crippen LogP contribution in [0.2, 0.25) is 0 Å². The van der Waals surface area contributed by atoms with E-state index >= 15 is 0 Å². The lowest BCUT2D eigenvalue weighted by Crippen LogP contribution is -2.30. The van der Waals surface area contributed by atoms with E-state index in [1.807, 2.05) is 50.5 Å². The van der Waals surface area contributed by atoms with Gasteiger partial charge in [-0.2, -0.15) is 0 Å². The van der Waals surface area contributed by atoms with Gasteiger partial charge in [0.15, 0.2) is 5.16 Å². The molecule has 35 heavy (non-hydrogen) atoms. The van der Waals surface area contributed by atoms with E-state index in [-0.39, 0.29) is 6.03 Å². The summed E-state index contributed by atoms with van der Waals surface area (Å²) in [5.41, 5.74) is 5.84. The largest absolute Gasteiger partial charge is 0.497 e. The number of carbonyl (C=O) groups is 1. The summed E-state index contributed by atoms with van der Waals surface area (Å²) in [5.74, 6) is 1.37. The number of ether oxygens (including phenoxy) is 1. The lowest BCUT2D eigenvalue weighted by Gasteiger charge is -2.12. The van der Waals surface area contributed by atoms with Crippen LogP contribution in [0.5, 0.6) is 5.75 Å². The van der Waals surface area contributed by atoms with Gasteiger partial charge in [0.2, 0.25) is 0 Å². The molecule has 8 heteroatoms. The van der Waals surface area contributed by atoms with Crippen LogP contribution < -0.4 is 20.3 Å². The first-order valence-corrected chi connectivity index (χ1v) is 12.3. The van der Waals surface area contributed by atoms with E-state index in [1.54, 1.807) is 24.9 Å². The van der Waals surface area contributed by atoms with Gasteiger partial charge in [-0.05, 0) is 24.3 Å². The van der Waals surface area contributed by atoms with Crippen molar-refractivity contribution < 1.29 is 9.53 Å². The molecule has 0 fully saturated rings. The fraction of sp³-hybridized carbons (Fsp3) is 0.185. The molecule has 0 saturated heterocycles. The Morgan fingerprint density at radius 1 is 1.00 bits per heavy atom. The molecule has 4 rings (SSSR count). The summed E-state index contributed by atoms with van der Waals surface area (Å²) in [6, 6.07) is 25.6. The van der Waals surface area contributed by atoms with Crippen molar-refractivity contribution >= 4 is 29.2 Å². The standard InChI is InChI=1S/C27H29N5O2S/c1-32(2)22-14-12-20(13-15-22)25-24(19-8-5-4-6-9-19)30-27(31-25)35-17-16-28-26(33)29-21-10-7-11-23(18-21)34-3/h4-15,18H,16-17H2,1-3H3,(H,30,31)(H2,28,29,33). The Bertz CT molecular complexity index is 1260. The molecular weight excluding hydrogens is 458 g/mol. The number of amides is 2. The number of aromatic amines is 1. The molecule has 0 saturated carbocycles. The summed E-state index contributed by atoms with van der Waals surface area (Å²) in [7, 11) is 5.65. The zero-order chi connectivity index (χ0) is 24.6. The van der Waals surface area contributed by atoms with E-state index in [4.69, 9.17) is 9.72 Å². The minimum atomic E-state index is -0.259. The molecule has 1 aromatic heterocycles.